The molecule has 0 spiro atoms. The van der Waals surface area contributed by atoms with Crippen LogP contribution in [0.1, 0.15) is 31.9 Å². The highest BCUT2D eigenvalue weighted by atomic mass is 28.3. The van der Waals surface area contributed by atoms with Gasteiger partial charge in [0.05, 0.1) is 5.73 Å². The van der Waals surface area contributed by atoms with Gasteiger partial charge in [0.2, 0.25) is 8.96 Å². The summed E-state index contributed by atoms with van der Waals surface area (Å²) in [6.45, 7) is 5.85. The first-order chi connectivity index (χ1) is 10.2. The van der Waals surface area contributed by atoms with E-state index in [1.54, 1.807) is 37.5 Å². The molecule has 0 bridgehead atoms. The third-order valence-electron chi connectivity index (χ3n) is 3.46. The van der Waals surface area contributed by atoms with Crippen LogP contribution in [0.3, 0.4) is 0 Å². The summed E-state index contributed by atoms with van der Waals surface area (Å²) in [6.07, 6.45) is -0.442. The standard InChI is InChI=1S/C15H23N2O4Si/c1-15(2,3)21-14(20)17-8-11-6-12(18)5-4-10(11)9-22(17)13(19)7-16/h4-6,13,18-19H,7-9,16H2,1-3H3/t13-/m0/s1. The molecule has 7 heteroatoms. The normalized spacial score (nSPS) is 17.0. The van der Waals surface area contributed by atoms with E-state index in [-0.39, 0.29) is 12.3 Å². The Kier molecular flexibility index (Phi) is 4.79. The first-order valence-electron chi connectivity index (χ1n) is 7.26. The number of hydrogen-bond donors (Lipinski definition) is 3. The van der Waals surface area contributed by atoms with Crippen LogP contribution in [0.5, 0.6) is 5.75 Å². The zero-order valence-electron chi connectivity index (χ0n) is 13.2. The molecule has 0 saturated heterocycles. The number of hydrogen-bond acceptors (Lipinski definition) is 5. The van der Waals surface area contributed by atoms with Gasteiger partial charge in [-0.25, -0.2) is 4.79 Å². The SMILES string of the molecule is CC(C)(C)OC(=O)N1Cc2cc(O)ccc2C[Si]1[C@H](O)CN. The van der Waals surface area contributed by atoms with Gasteiger partial charge in [0, 0.05) is 13.1 Å². The molecular formula is C15H23N2O4Si. The van der Waals surface area contributed by atoms with Gasteiger partial charge in [-0.2, -0.15) is 0 Å². The van der Waals surface area contributed by atoms with Crippen molar-refractivity contribution in [1.29, 1.82) is 0 Å². The van der Waals surface area contributed by atoms with Crippen LogP contribution < -0.4 is 5.73 Å². The zero-order valence-corrected chi connectivity index (χ0v) is 14.2. The van der Waals surface area contributed by atoms with Crippen molar-refractivity contribution in [2.75, 3.05) is 6.54 Å². The van der Waals surface area contributed by atoms with Crippen LogP contribution >= 0.6 is 0 Å². The van der Waals surface area contributed by atoms with Gasteiger partial charge < -0.3 is 25.2 Å². The van der Waals surface area contributed by atoms with Gasteiger partial charge in [0.25, 0.3) is 0 Å². The molecule has 4 N–H and O–H groups in total. The van der Waals surface area contributed by atoms with Crippen LogP contribution in [-0.4, -0.2) is 47.7 Å². The highest BCUT2D eigenvalue weighted by molar-refractivity contribution is 6.59. The summed E-state index contributed by atoms with van der Waals surface area (Å²) in [4.78, 5) is 12.5. The summed E-state index contributed by atoms with van der Waals surface area (Å²) in [5, 5.41) is 19.8. The number of phenols is 1. The highest BCUT2D eigenvalue weighted by Gasteiger charge is 2.38. The lowest BCUT2D eigenvalue weighted by molar-refractivity contribution is 0.0351. The van der Waals surface area contributed by atoms with Gasteiger partial charge in [-0.3, -0.25) is 0 Å². The molecule has 22 heavy (non-hydrogen) atoms. The first-order valence-corrected chi connectivity index (χ1v) is 8.99. The number of carbonyl (C=O) groups excluding carboxylic acids is 1. The number of carbonyl (C=O) groups is 1. The lowest BCUT2D eigenvalue weighted by Gasteiger charge is -2.38. The predicted molar refractivity (Wildman–Crippen MR) is 84.4 cm³/mol. The predicted octanol–water partition coefficient (Wildman–Crippen LogP) is 1.07. The van der Waals surface area contributed by atoms with E-state index in [1.165, 1.54) is 0 Å². The molecule has 1 aliphatic rings. The lowest BCUT2D eigenvalue weighted by atomic mass is 10.1. The van der Waals surface area contributed by atoms with Crippen LogP contribution in [0.25, 0.3) is 0 Å². The number of benzene rings is 1. The Hall–Kier alpha value is -1.57. The molecule has 1 aromatic rings. The number of rotatable bonds is 2. The summed E-state index contributed by atoms with van der Waals surface area (Å²) >= 11 is 0. The van der Waals surface area contributed by atoms with E-state index in [2.05, 4.69) is 0 Å². The molecule has 6 nitrogen and oxygen atoms in total. The quantitative estimate of drug-likeness (QED) is 0.708. The first kappa shape index (κ1) is 16.8. The number of amides is 1. The summed E-state index contributed by atoms with van der Waals surface area (Å²) in [5.74, 6) is 0.165. The second-order valence-corrected chi connectivity index (χ2v) is 8.98. The van der Waals surface area contributed by atoms with Crippen molar-refractivity contribution >= 4 is 15.1 Å². The fraction of sp³-hybridized carbons (Fsp3) is 0.533. The number of nitrogens with zero attached hydrogens (tertiary/aromatic N) is 1. The van der Waals surface area contributed by atoms with Crippen molar-refractivity contribution < 1.29 is 19.7 Å². The molecule has 1 amide bonds. The number of nitrogens with two attached hydrogens (primary N) is 1. The van der Waals surface area contributed by atoms with Crippen molar-refractivity contribution in [3.05, 3.63) is 29.3 Å². The highest BCUT2D eigenvalue weighted by Crippen LogP contribution is 2.27. The molecule has 0 saturated carbocycles. The van der Waals surface area contributed by atoms with E-state index in [9.17, 15) is 15.0 Å². The number of phenolic OH excluding ortho intramolecular Hbond substituents is 1. The van der Waals surface area contributed by atoms with Crippen LogP contribution in [0, 0.1) is 0 Å². The maximum absolute atomic E-state index is 12.5. The van der Waals surface area contributed by atoms with Crippen LogP contribution in [0.4, 0.5) is 4.79 Å². The average Bonchev–Trinajstić information content (AvgIpc) is 2.43. The monoisotopic (exact) mass is 323 g/mol. The van der Waals surface area contributed by atoms with E-state index in [0.29, 0.717) is 12.6 Å². The fourth-order valence-electron chi connectivity index (χ4n) is 2.43. The second kappa shape index (κ2) is 6.27. The fourth-order valence-corrected chi connectivity index (χ4v) is 4.87. The molecule has 1 atom stereocenters. The zero-order chi connectivity index (χ0) is 16.5. The molecular weight excluding hydrogens is 300 g/mol. The number of ether oxygens (including phenoxy) is 1. The second-order valence-electron chi connectivity index (χ2n) is 6.44. The van der Waals surface area contributed by atoms with Crippen molar-refractivity contribution in [3.63, 3.8) is 0 Å². The number of aliphatic hydroxyl groups excluding tert-OH is 1. The number of fused-ring (bicyclic) bond motifs is 1. The van der Waals surface area contributed by atoms with Gasteiger partial charge in [-0.1, -0.05) is 6.07 Å². The Morgan fingerprint density at radius 2 is 2.14 bits per heavy atom. The van der Waals surface area contributed by atoms with Gasteiger partial charge in [-0.05, 0) is 50.1 Å². The smallest absolute Gasteiger partial charge is 0.402 e. The Labute approximate surface area is 132 Å². The van der Waals surface area contributed by atoms with E-state index in [1.807, 2.05) is 6.07 Å². The minimum absolute atomic E-state index is 0.112. The summed E-state index contributed by atoms with van der Waals surface area (Å²) in [6, 6.07) is 5.69. The van der Waals surface area contributed by atoms with E-state index < -0.39 is 26.4 Å². The molecule has 1 aliphatic heterocycles. The Morgan fingerprint density at radius 3 is 2.73 bits per heavy atom. The topological polar surface area (TPSA) is 96.0 Å². The molecule has 0 aliphatic carbocycles. The van der Waals surface area contributed by atoms with Crippen molar-refractivity contribution in [1.82, 2.24) is 4.57 Å². The molecule has 0 fully saturated rings. The minimum atomic E-state index is -1.60. The van der Waals surface area contributed by atoms with E-state index >= 15 is 0 Å². The van der Waals surface area contributed by atoms with Crippen molar-refractivity contribution in [2.24, 2.45) is 5.73 Å². The largest absolute Gasteiger partial charge is 0.508 e. The summed E-state index contributed by atoms with van der Waals surface area (Å²) < 4.78 is 7.04. The summed E-state index contributed by atoms with van der Waals surface area (Å²) in [7, 11) is -1.60. The van der Waals surface area contributed by atoms with Gasteiger partial charge in [0.15, 0.2) is 0 Å². The maximum Gasteiger partial charge on any atom is 0.402 e. The van der Waals surface area contributed by atoms with E-state index in [4.69, 9.17) is 10.5 Å². The Bertz CT molecular complexity index is 559. The van der Waals surface area contributed by atoms with Gasteiger partial charge in [0.1, 0.15) is 11.4 Å². The average molecular weight is 323 g/mol. The van der Waals surface area contributed by atoms with Crippen molar-refractivity contribution in [2.45, 2.75) is 44.7 Å². The van der Waals surface area contributed by atoms with Crippen LogP contribution in [0.15, 0.2) is 18.2 Å². The Balaban J connectivity index is 2.30. The van der Waals surface area contributed by atoms with Gasteiger partial charge >= 0.3 is 6.09 Å². The molecule has 0 unspecified atom stereocenters. The minimum Gasteiger partial charge on any atom is -0.508 e. The molecule has 2 rings (SSSR count). The third kappa shape index (κ3) is 3.79. The summed E-state index contributed by atoms with van der Waals surface area (Å²) in [5.41, 5.74) is 6.19. The molecule has 1 heterocycles. The third-order valence-corrected chi connectivity index (χ3v) is 6.24. The molecule has 1 radical (unpaired) electrons. The Morgan fingerprint density at radius 1 is 1.45 bits per heavy atom. The molecule has 121 valence electrons. The van der Waals surface area contributed by atoms with Crippen LogP contribution in [0.2, 0.25) is 0 Å². The van der Waals surface area contributed by atoms with E-state index in [0.717, 1.165) is 11.1 Å². The number of aromatic hydroxyl groups is 1. The molecule has 1 aromatic carbocycles. The van der Waals surface area contributed by atoms with Gasteiger partial charge in [-0.15, -0.1) is 0 Å². The van der Waals surface area contributed by atoms with Crippen LogP contribution in [-0.2, 0) is 17.3 Å². The van der Waals surface area contributed by atoms with Crippen molar-refractivity contribution in [3.8, 4) is 5.75 Å². The lowest BCUT2D eigenvalue weighted by Crippen LogP contribution is -2.57. The number of aliphatic hydroxyl groups is 1. The maximum atomic E-state index is 12.5. The molecule has 0 aromatic heterocycles.